The Kier molecular flexibility index (Phi) is 4.52. The molecule has 2 rings (SSSR count). The molecule has 1 heterocycles. The number of aliphatic hydroxyl groups excluding tert-OH is 1. The number of anilines is 1. The summed E-state index contributed by atoms with van der Waals surface area (Å²) in [4.78, 5) is 0. The number of benzene rings is 1. The van der Waals surface area contributed by atoms with Gasteiger partial charge in [-0.15, -0.1) is 0 Å². The van der Waals surface area contributed by atoms with Crippen molar-refractivity contribution in [1.29, 1.82) is 0 Å². The van der Waals surface area contributed by atoms with Crippen LogP contribution in [0.5, 0.6) is 0 Å². The third-order valence-electron chi connectivity index (χ3n) is 3.24. The van der Waals surface area contributed by atoms with E-state index in [0.717, 1.165) is 23.4 Å². The zero-order valence-electron chi connectivity index (χ0n) is 11.8. The number of rotatable bonds is 5. The lowest BCUT2D eigenvalue weighted by Crippen LogP contribution is -2.11. The maximum Gasteiger partial charge on any atom is 0.194 e. The molecule has 2 N–H and O–H groups in total. The van der Waals surface area contributed by atoms with Gasteiger partial charge in [0, 0.05) is 12.1 Å². The summed E-state index contributed by atoms with van der Waals surface area (Å²) in [5.41, 5.74) is 1.95. The number of hydrogen-bond acceptors (Lipinski definition) is 3. The molecular weight excluding hydrogens is 283 g/mol. The average molecular weight is 299 g/mol. The summed E-state index contributed by atoms with van der Waals surface area (Å²) < 4.78 is 40.8. The Bertz CT molecular complexity index is 632. The quantitative estimate of drug-likeness (QED) is 0.834. The minimum atomic E-state index is -1.48. The molecule has 0 saturated carbocycles. The summed E-state index contributed by atoms with van der Waals surface area (Å²) in [6.07, 6.45) is 0. The molecule has 2 aromatic rings. The van der Waals surface area contributed by atoms with Crippen LogP contribution in [-0.4, -0.2) is 21.5 Å². The van der Waals surface area contributed by atoms with Gasteiger partial charge in [0.25, 0.3) is 0 Å². The summed E-state index contributed by atoms with van der Waals surface area (Å²) in [6, 6.07) is 1.89. The van der Waals surface area contributed by atoms with Crippen molar-refractivity contribution in [2.45, 2.75) is 26.9 Å². The van der Waals surface area contributed by atoms with Crippen LogP contribution < -0.4 is 5.32 Å². The lowest BCUT2D eigenvalue weighted by Gasteiger charge is -2.11. The number of hydrogen-bond donors (Lipinski definition) is 2. The van der Waals surface area contributed by atoms with E-state index in [1.54, 1.807) is 4.68 Å². The Balaban J connectivity index is 2.20. The van der Waals surface area contributed by atoms with E-state index in [0.29, 0.717) is 12.4 Å². The van der Waals surface area contributed by atoms with Crippen molar-refractivity contribution in [1.82, 2.24) is 9.78 Å². The van der Waals surface area contributed by atoms with Gasteiger partial charge >= 0.3 is 0 Å². The Morgan fingerprint density at radius 3 is 2.38 bits per heavy atom. The molecular formula is C14H16F3N3O. The Morgan fingerprint density at radius 1 is 1.19 bits per heavy atom. The standard InChI is InChI=1S/C14H16F3N3O/c1-8-9(2)19-20(3-4-21)14(8)18-7-10-5-11(15)13(17)12(16)6-10/h5-6,18,21H,3-4,7H2,1-2H3. The van der Waals surface area contributed by atoms with Gasteiger partial charge in [-0.05, 0) is 31.5 Å². The molecule has 0 amide bonds. The fourth-order valence-electron chi connectivity index (χ4n) is 2.05. The minimum Gasteiger partial charge on any atom is -0.394 e. The van der Waals surface area contributed by atoms with Gasteiger partial charge in [0.1, 0.15) is 5.82 Å². The van der Waals surface area contributed by atoms with Crippen LogP contribution in [-0.2, 0) is 13.1 Å². The van der Waals surface area contributed by atoms with Gasteiger partial charge < -0.3 is 10.4 Å². The van der Waals surface area contributed by atoms with Gasteiger partial charge in [0.2, 0.25) is 0 Å². The lowest BCUT2D eigenvalue weighted by atomic mass is 10.2. The van der Waals surface area contributed by atoms with Crippen molar-refractivity contribution in [2.24, 2.45) is 0 Å². The Morgan fingerprint density at radius 2 is 1.81 bits per heavy atom. The number of halogens is 3. The van der Waals surface area contributed by atoms with Crippen molar-refractivity contribution >= 4 is 5.82 Å². The first-order chi connectivity index (χ1) is 9.93. The highest BCUT2D eigenvalue weighted by Crippen LogP contribution is 2.20. The van der Waals surface area contributed by atoms with Crippen LogP contribution in [0.4, 0.5) is 19.0 Å². The van der Waals surface area contributed by atoms with Crippen LogP contribution in [0.15, 0.2) is 12.1 Å². The van der Waals surface area contributed by atoms with Gasteiger partial charge in [0.15, 0.2) is 17.5 Å². The maximum absolute atomic E-state index is 13.2. The van der Waals surface area contributed by atoms with E-state index in [4.69, 9.17) is 5.11 Å². The molecule has 0 radical (unpaired) electrons. The SMILES string of the molecule is Cc1nn(CCO)c(NCc2cc(F)c(F)c(F)c2)c1C. The van der Waals surface area contributed by atoms with Gasteiger partial charge in [-0.25, -0.2) is 17.9 Å². The Hall–Kier alpha value is -2.02. The van der Waals surface area contributed by atoms with Crippen LogP contribution >= 0.6 is 0 Å². The van der Waals surface area contributed by atoms with Crippen molar-refractivity contribution in [2.75, 3.05) is 11.9 Å². The molecule has 0 aliphatic carbocycles. The topological polar surface area (TPSA) is 50.1 Å². The van der Waals surface area contributed by atoms with Crippen molar-refractivity contribution in [3.05, 3.63) is 46.4 Å². The molecule has 4 nitrogen and oxygen atoms in total. The average Bonchev–Trinajstić information content (AvgIpc) is 2.69. The lowest BCUT2D eigenvalue weighted by molar-refractivity contribution is 0.270. The van der Waals surface area contributed by atoms with Gasteiger partial charge in [-0.2, -0.15) is 5.10 Å². The van der Waals surface area contributed by atoms with E-state index in [1.165, 1.54) is 0 Å². The molecule has 0 aliphatic rings. The second-order valence-corrected chi connectivity index (χ2v) is 4.73. The molecule has 1 aromatic carbocycles. The molecule has 0 atom stereocenters. The predicted molar refractivity (Wildman–Crippen MR) is 72.4 cm³/mol. The van der Waals surface area contributed by atoms with Crippen LogP contribution in [0.25, 0.3) is 0 Å². The van der Waals surface area contributed by atoms with E-state index < -0.39 is 17.5 Å². The molecule has 0 bridgehead atoms. The van der Waals surface area contributed by atoms with Gasteiger partial charge in [-0.1, -0.05) is 0 Å². The summed E-state index contributed by atoms with van der Waals surface area (Å²) in [7, 11) is 0. The highest BCUT2D eigenvalue weighted by Gasteiger charge is 2.13. The van der Waals surface area contributed by atoms with Gasteiger partial charge in [0.05, 0.1) is 18.8 Å². The molecule has 0 fully saturated rings. The molecule has 1 aromatic heterocycles. The molecule has 0 aliphatic heterocycles. The van der Waals surface area contributed by atoms with Crippen molar-refractivity contribution < 1.29 is 18.3 Å². The largest absolute Gasteiger partial charge is 0.394 e. The molecule has 0 saturated heterocycles. The highest BCUT2D eigenvalue weighted by molar-refractivity contribution is 5.47. The fourth-order valence-corrected chi connectivity index (χ4v) is 2.05. The molecule has 0 spiro atoms. The van der Waals surface area contributed by atoms with Crippen LogP contribution in [0.2, 0.25) is 0 Å². The highest BCUT2D eigenvalue weighted by atomic mass is 19.2. The second-order valence-electron chi connectivity index (χ2n) is 4.73. The maximum atomic E-state index is 13.2. The minimum absolute atomic E-state index is 0.0744. The number of aliphatic hydroxyl groups is 1. The number of nitrogens with one attached hydrogen (secondary N) is 1. The third kappa shape index (κ3) is 3.18. The summed E-state index contributed by atoms with van der Waals surface area (Å²) in [6.45, 7) is 4.03. The summed E-state index contributed by atoms with van der Waals surface area (Å²) >= 11 is 0. The second kappa shape index (κ2) is 6.17. The van der Waals surface area contributed by atoms with Crippen molar-refractivity contribution in [3.63, 3.8) is 0 Å². The van der Waals surface area contributed by atoms with Crippen LogP contribution in [0.1, 0.15) is 16.8 Å². The van der Waals surface area contributed by atoms with Gasteiger partial charge in [-0.3, -0.25) is 0 Å². The first kappa shape index (κ1) is 15.4. The van der Waals surface area contributed by atoms with E-state index in [2.05, 4.69) is 10.4 Å². The summed E-state index contributed by atoms with van der Waals surface area (Å²) in [5, 5.41) is 16.3. The normalized spacial score (nSPS) is 11.0. The first-order valence-corrected chi connectivity index (χ1v) is 6.46. The third-order valence-corrected chi connectivity index (χ3v) is 3.24. The van der Waals surface area contributed by atoms with E-state index >= 15 is 0 Å². The van der Waals surface area contributed by atoms with Crippen LogP contribution in [0, 0.1) is 31.3 Å². The smallest absolute Gasteiger partial charge is 0.194 e. The number of aromatic nitrogens is 2. The predicted octanol–water partition coefficient (Wildman–Crippen LogP) is 2.52. The zero-order chi connectivity index (χ0) is 15.6. The van der Waals surface area contributed by atoms with Crippen LogP contribution in [0.3, 0.4) is 0 Å². The van der Waals surface area contributed by atoms with E-state index in [9.17, 15) is 13.2 Å². The monoisotopic (exact) mass is 299 g/mol. The zero-order valence-corrected chi connectivity index (χ0v) is 11.8. The molecule has 21 heavy (non-hydrogen) atoms. The fraction of sp³-hybridized carbons (Fsp3) is 0.357. The Labute approximate surface area is 120 Å². The molecule has 114 valence electrons. The van der Waals surface area contributed by atoms with E-state index in [1.807, 2.05) is 13.8 Å². The number of aryl methyl sites for hydroxylation is 1. The first-order valence-electron chi connectivity index (χ1n) is 6.46. The van der Waals surface area contributed by atoms with E-state index in [-0.39, 0.29) is 18.7 Å². The molecule has 7 heteroatoms. The van der Waals surface area contributed by atoms with Crippen molar-refractivity contribution in [3.8, 4) is 0 Å². The molecule has 0 unspecified atom stereocenters. The summed E-state index contributed by atoms with van der Waals surface area (Å²) in [5.74, 6) is -3.25. The number of nitrogens with zero attached hydrogens (tertiary/aromatic N) is 2.